The van der Waals surface area contributed by atoms with Gasteiger partial charge in [-0.25, -0.2) is 0 Å². The molecule has 1 aliphatic carbocycles. The Kier molecular flexibility index (Phi) is 4.48. The van der Waals surface area contributed by atoms with Crippen molar-refractivity contribution in [1.29, 1.82) is 5.26 Å². The molecule has 0 amide bonds. The molecule has 0 spiro atoms. The van der Waals surface area contributed by atoms with Crippen molar-refractivity contribution in [2.75, 3.05) is 12.8 Å². The predicted molar refractivity (Wildman–Crippen MR) is 66.9 cm³/mol. The molecule has 15 heavy (non-hydrogen) atoms. The Morgan fingerprint density at radius 3 is 2.40 bits per heavy atom. The van der Waals surface area contributed by atoms with Crippen LogP contribution in [0.4, 0.5) is 0 Å². The maximum atomic E-state index is 9.31. The highest BCUT2D eigenvalue weighted by Gasteiger charge is 2.44. The van der Waals surface area contributed by atoms with E-state index in [-0.39, 0.29) is 5.54 Å². The minimum atomic E-state index is -0.270. The van der Waals surface area contributed by atoms with Crippen molar-refractivity contribution in [2.24, 2.45) is 11.8 Å². The van der Waals surface area contributed by atoms with Crippen LogP contribution in [-0.2, 0) is 0 Å². The zero-order valence-corrected chi connectivity index (χ0v) is 11.0. The molecule has 1 rings (SSSR count). The van der Waals surface area contributed by atoms with E-state index in [0.29, 0.717) is 17.1 Å². The summed E-state index contributed by atoms with van der Waals surface area (Å²) in [6.07, 6.45) is 2.43. The first-order valence-electron chi connectivity index (χ1n) is 5.77. The molecule has 2 unspecified atom stereocenters. The highest BCUT2D eigenvalue weighted by atomic mass is 32.2. The molecule has 0 aliphatic heterocycles. The van der Waals surface area contributed by atoms with Crippen LogP contribution in [0.1, 0.15) is 33.6 Å². The zero-order chi connectivity index (χ0) is 11.5. The quantitative estimate of drug-likeness (QED) is 0.756. The zero-order valence-electron chi connectivity index (χ0n) is 10.2. The molecular weight excluding hydrogens is 204 g/mol. The molecule has 0 saturated heterocycles. The Bertz CT molecular complexity index is 242. The van der Waals surface area contributed by atoms with Crippen LogP contribution in [0, 0.1) is 23.2 Å². The number of nitrogens with zero attached hydrogens (tertiary/aromatic N) is 1. The summed E-state index contributed by atoms with van der Waals surface area (Å²) in [5.41, 5.74) is -0.270. The van der Waals surface area contributed by atoms with Gasteiger partial charge >= 0.3 is 0 Å². The lowest BCUT2D eigenvalue weighted by Crippen LogP contribution is -2.46. The van der Waals surface area contributed by atoms with E-state index >= 15 is 0 Å². The van der Waals surface area contributed by atoms with Crippen LogP contribution in [0.2, 0.25) is 0 Å². The van der Waals surface area contributed by atoms with Crippen LogP contribution in [0.15, 0.2) is 0 Å². The molecule has 0 aromatic rings. The van der Waals surface area contributed by atoms with Gasteiger partial charge in [0, 0.05) is 11.0 Å². The average Bonchev–Trinajstić information content (AvgIpc) is 3.04. The first-order valence-corrected chi connectivity index (χ1v) is 6.82. The average molecular weight is 226 g/mol. The molecule has 1 aliphatic rings. The standard InChI is InChI=1S/C12H22N2S/c1-9(2)10(3)15-8-12(7-13,14-4)11-5-6-11/h9-11,14H,5-6,8H2,1-4H3. The molecule has 0 bridgehead atoms. The Hall–Kier alpha value is -0.200. The Labute approximate surface area is 97.8 Å². The van der Waals surface area contributed by atoms with Gasteiger partial charge in [0.25, 0.3) is 0 Å². The van der Waals surface area contributed by atoms with Crippen LogP contribution >= 0.6 is 11.8 Å². The second-order valence-corrected chi connectivity index (χ2v) is 6.23. The molecule has 86 valence electrons. The van der Waals surface area contributed by atoms with Gasteiger partial charge in [-0.2, -0.15) is 17.0 Å². The summed E-state index contributed by atoms with van der Waals surface area (Å²) in [7, 11) is 1.92. The maximum Gasteiger partial charge on any atom is 0.118 e. The molecule has 0 aromatic heterocycles. The first kappa shape index (κ1) is 12.9. The smallest absolute Gasteiger partial charge is 0.118 e. The number of hydrogen-bond acceptors (Lipinski definition) is 3. The van der Waals surface area contributed by atoms with Gasteiger partial charge in [0.05, 0.1) is 6.07 Å². The number of thioether (sulfide) groups is 1. The van der Waals surface area contributed by atoms with Gasteiger partial charge in [-0.1, -0.05) is 20.8 Å². The fraction of sp³-hybridized carbons (Fsp3) is 0.917. The summed E-state index contributed by atoms with van der Waals surface area (Å²) in [5, 5.41) is 13.2. The van der Waals surface area contributed by atoms with Gasteiger partial charge in [-0.05, 0) is 31.7 Å². The molecular formula is C12H22N2S. The monoisotopic (exact) mass is 226 g/mol. The second kappa shape index (κ2) is 5.23. The van der Waals surface area contributed by atoms with Crippen LogP contribution in [-0.4, -0.2) is 23.6 Å². The summed E-state index contributed by atoms with van der Waals surface area (Å²) >= 11 is 1.92. The molecule has 1 saturated carbocycles. The van der Waals surface area contributed by atoms with Crippen molar-refractivity contribution in [2.45, 2.75) is 44.4 Å². The number of nitrogens with one attached hydrogen (secondary N) is 1. The molecule has 0 radical (unpaired) electrons. The summed E-state index contributed by atoms with van der Waals surface area (Å²) in [4.78, 5) is 0. The Morgan fingerprint density at radius 1 is 1.47 bits per heavy atom. The highest BCUT2D eigenvalue weighted by Crippen LogP contribution is 2.41. The van der Waals surface area contributed by atoms with Crippen molar-refractivity contribution in [3.8, 4) is 6.07 Å². The van der Waals surface area contributed by atoms with Gasteiger partial charge in [0.15, 0.2) is 0 Å². The summed E-state index contributed by atoms with van der Waals surface area (Å²) in [6.45, 7) is 6.73. The third-order valence-corrected chi connectivity index (χ3v) is 5.12. The summed E-state index contributed by atoms with van der Waals surface area (Å²) in [6, 6.07) is 2.49. The van der Waals surface area contributed by atoms with Crippen molar-refractivity contribution in [3.63, 3.8) is 0 Å². The van der Waals surface area contributed by atoms with Crippen LogP contribution < -0.4 is 5.32 Å². The van der Waals surface area contributed by atoms with Crippen LogP contribution in [0.3, 0.4) is 0 Å². The van der Waals surface area contributed by atoms with E-state index in [2.05, 4.69) is 32.2 Å². The van der Waals surface area contributed by atoms with E-state index in [1.807, 2.05) is 18.8 Å². The summed E-state index contributed by atoms with van der Waals surface area (Å²) in [5.74, 6) is 2.19. The van der Waals surface area contributed by atoms with Gasteiger partial charge in [-0.3, -0.25) is 0 Å². The van der Waals surface area contributed by atoms with E-state index in [9.17, 15) is 5.26 Å². The molecule has 1 fully saturated rings. The normalized spacial score (nSPS) is 22.1. The number of rotatable bonds is 6. The van der Waals surface area contributed by atoms with Crippen molar-refractivity contribution >= 4 is 11.8 Å². The third-order valence-electron chi connectivity index (χ3n) is 3.43. The van der Waals surface area contributed by atoms with E-state index in [1.165, 1.54) is 12.8 Å². The Balaban J connectivity index is 2.49. The van der Waals surface area contributed by atoms with E-state index in [0.717, 1.165) is 5.75 Å². The molecule has 0 heterocycles. The molecule has 0 aromatic carbocycles. The molecule has 3 heteroatoms. The Morgan fingerprint density at radius 2 is 2.07 bits per heavy atom. The van der Waals surface area contributed by atoms with E-state index < -0.39 is 0 Å². The number of nitriles is 1. The fourth-order valence-corrected chi connectivity index (χ4v) is 2.96. The minimum absolute atomic E-state index is 0.270. The van der Waals surface area contributed by atoms with Crippen molar-refractivity contribution < 1.29 is 0 Å². The largest absolute Gasteiger partial charge is 0.302 e. The first-order chi connectivity index (χ1) is 7.05. The highest BCUT2D eigenvalue weighted by molar-refractivity contribution is 7.99. The van der Waals surface area contributed by atoms with Gasteiger partial charge < -0.3 is 5.32 Å². The fourth-order valence-electron chi connectivity index (χ4n) is 1.61. The molecule has 2 atom stereocenters. The van der Waals surface area contributed by atoms with Crippen molar-refractivity contribution in [3.05, 3.63) is 0 Å². The summed E-state index contributed by atoms with van der Waals surface area (Å²) < 4.78 is 0. The third kappa shape index (κ3) is 3.12. The lowest BCUT2D eigenvalue weighted by molar-refractivity contribution is 0.440. The topological polar surface area (TPSA) is 35.8 Å². The molecule has 1 N–H and O–H groups in total. The minimum Gasteiger partial charge on any atom is -0.302 e. The van der Waals surface area contributed by atoms with Crippen molar-refractivity contribution in [1.82, 2.24) is 5.32 Å². The second-order valence-electron chi connectivity index (χ2n) is 4.87. The van der Waals surface area contributed by atoms with Gasteiger partial charge in [0.1, 0.15) is 5.54 Å². The lowest BCUT2D eigenvalue weighted by atomic mass is 9.98. The van der Waals surface area contributed by atoms with Gasteiger partial charge in [0.2, 0.25) is 0 Å². The predicted octanol–water partition coefficient (Wildman–Crippen LogP) is 2.66. The van der Waals surface area contributed by atoms with E-state index in [1.54, 1.807) is 0 Å². The number of hydrogen-bond donors (Lipinski definition) is 1. The van der Waals surface area contributed by atoms with E-state index in [4.69, 9.17) is 0 Å². The van der Waals surface area contributed by atoms with Gasteiger partial charge in [-0.15, -0.1) is 0 Å². The van der Waals surface area contributed by atoms with Crippen LogP contribution in [0.5, 0.6) is 0 Å². The van der Waals surface area contributed by atoms with Crippen LogP contribution in [0.25, 0.3) is 0 Å². The SMILES string of the molecule is CNC(C#N)(CSC(C)C(C)C)C1CC1. The maximum absolute atomic E-state index is 9.31. The molecule has 2 nitrogen and oxygen atoms in total. The lowest BCUT2D eigenvalue weighted by Gasteiger charge is -2.28.